The number of para-hydroxylation sites is 4. The maximum absolute atomic E-state index is 2.49. The molecule has 0 bridgehead atoms. The van der Waals surface area contributed by atoms with E-state index in [0.717, 1.165) is 11.4 Å². The van der Waals surface area contributed by atoms with Crippen molar-refractivity contribution in [2.24, 2.45) is 0 Å². The standard InChI is InChI=1S/C55H40N2.C50H34N2/c1-55(2)47-35-41(56-49-29-17-15-27-45(49)51(37-19-7-3-8-20-37)53(56)39-23-11-5-12-24-39)31-33-43(47)44-34-32-42(36-48(44)55)57-50-30-18-16-28-46(50)52(38-21-9-4-10-22-38)54(57)40-25-13-6-14-26-40;1-5-17-35(18-6-1)47-43-25-13-15-27-45(43)51(49(47)37-21-9-3-10-22-37)41-31-29-40-34-42(32-30-39(40)33-41)52-46-28-16-14-26-44(46)48(36-19-7-2-8-20-36)50(52)38-23-11-4-12-24-38/h3-36H,1-2H3;1-34H. The molecule has 0 aliphatic heterocycles. The van der Waals surface area contributed by atoms with Crippen molar-refractivity contribution in [3.05, 3.63) is 424 Å². The monoisotopic (exact) mass is 1390 g/mol. The van der Waals surface area contributed by atoms with Crippen molar-refractivity contribution in [3.8, 4) is 123 Å². The van der Waals surface area contributed by atoms with E-state index >= 15 is 0 Å². The third-order valence-corrected chi connectivity index (χ3v) is 22.4. The minimum absolute atomic E-state index is 0.243. The fourth-order valence-corrected chi connectivity index (χ4v) is 17.6. The minimum Gasteiger partial charge on any atom is -0.309 e. The maximum Gasteiger partial charge on any atom is 0.0619 e. The SMILES string of the molecule is CC1(C)c2cc(-n3c(-c4ccccc4)c(-c4ccccc4)c4ccccc43)ccc2-c2ccc(-n3c(-c4ccccc4)c(-c4ccccc4)c4ccccc43)cc21.c1ccc(-c2c(-c3ccccc3)n(-c3ccc4cc(-n5c(-c6ccccc6)c(-c6ccccc6)c6ccccc65)ccc4c3)c3ccccc23)cc1. The van der Waals surface area contributed by atoms with Gasteiger partial charge in [-0.25, -0.2) is 0 Å². The molecule has 4 aromatic heterocycles. The molecule has 0 saturated carbocycles. The first-order valence-corrected chi connectivity index (χ1v) is 37.7. The Balaban J connectivity index is 0.000000144. The summed E-state index contributed by atoms with van der Waals surface area (Å²) in [5, 5.41) is 7.37. The Morgan fingerprint density at radius 3 is 0.633 bits per heavy atom. The molecule has 1 aliphatic carbocycles. The van der Waals surface area contributed by atoms with E-state index in [1.165, 1.54) is 178 Å². The quantitative estimate of drug-likeness (QED) is 0.116. The molecule has 0 amide bonds. The van der Waals surface area contributed by atoms with Crippen molar-refractivity contribution in [2.45, 2.75) is 19.3 Å². The van der Waals surface area contributed by atoms with Gasteiger partial charge < -0.3 is 18.3 Å². The lowest BCUT2D eigenvalue weighted by atomic mass is 9.82. The van der Waals surface area contributed by atoms with Crippen molar-refractivity contribution in [2.75, 3.05) is 0 Å². The highest BCUT2D eigenvalue weighted by atomic mass is 15.0. The van der Waals surface area contributed by atoms with Crippen molar-refractivity contribution < 1.29 is 0 Å². The molecule has 0 N–H and O–H groups in total. The third kappa shape index (κ3) is 10.9. The fourth-order valence-electron chi connectivity index (χ4n) is 17.6. The average molecular weight is 1390 g/mol. The number of hydrogen-bond donors (Lipinski definition) is 0. The molecule has 4 heterocycles. The van der Waals surface area contributed by atoms with Crippen LogP contribution in [0, 0.1) is 0 Å². The van der Waals surface area contributed by atoms with Gasteiger partial charge in [0.05, 0.1) is 44.8 Å². The average Bonchev–Trinajstić information content (AvgIpc) is 1.56. The Morgan fingerprint density at radius 1 is 0.183 bits per heavy atom. The number of hydrogen-bond acceptors (Lipinski definition) is 0. The van der Waals surface area contributed by atoms with Gasteiger partial charge in [0, 0.05) is 72.0 Å². The molecular weight excluding hydrogens is 1320 g/mol. The van der Waals surface area contributed by atoms with E-state index < -0.39 is 0 Å². The van der Waals surface area contributed by atoms with Gasteiger partial charge in [-0.05, 0) is 150 Å². The first-order chi connectivity index (χ1) is 53.9. The molecule has 109 heavy (non-hydrogen) atoms. The Hall–Kier alpha value is -14.1. The summed E-state index contributed by atoms with van der Waals surface area (Å²) in [6.07, 6.45) is 0. The molecule has 21 rings (SSSR count). The second kappa shape index (κ2) is 26.8. The van der Waals surface area contributed by atoms with Crippen LogP contribution >= 0.6 is 0 Å². The van der Waals surface area contributed by atoms with Crippen LogP contribution in [0.1, 0.15) is 25.0 Å². The van der Waals surface area contributed by atoms with E-state index in [0.29, 0.717) is 0 Å². The Bertz CT molecular complexity index is 6390. The first kappa shape index (κ1) is 64.5. The summed E-state index contributed by atoms with van der Waals surface area (Å²) in [6.45, 7) is 4.79. The molecule has 0 fully saturated rings. The van der Waals surface area contributed by atoms with E-state index in [-0.39, 0.29) is 5.41 Å². The van der Waals surface area contributed by atoms with Gasteiger partial charge in [0.25, 0.3) is 0 Å². The topological polar surface area (TPSA) is 19.7 Å². The van der Waals surface area contributed by atoms with E-state index in [4.69, 9.17) is 0 Å². The first-order valence-electron chi connectivity index (χ1n) is 37.7. The van der Waals surface area contributed by atoms with Crippen molar-refractivity contribution in [3.63, 3.8) is 0 Å². The highest BCUT2D eigenvalue weighted by Crippen LogP contribution is 2.53. The van der Waals surface area contributed by atoms with Crippen LogP contribution in [0.3, 0.4) is 0 Å². The van der Waals surface area contributed by atoms with Crippen LogP contribution in [0.5, 0.6) is 0 Å². The van der Waals surface area contributed by atoms with Crippen LogP contribution in [-0.2, 0) is 5.41 Å². The van der Waals surface area contributed by atoms with Gasteiger partial charge in [-0.1, -0.05) is 354 Å². The summed E-state index contributed by atoms with van der Waals surface area (Å²) in [7, 11) is 0. The molecule has 20 aromatic rings. The van der Waals surface area contributed by atoms with E-state index in [2.05, 4.69) is 445 Å². The number of fused-ring (bicyclic) bond motifs is 8. The highest BCUT2D eigenvalue weighted by molar-refractivity contribution is 6.10. The zero-order valence-electron chi connectivity index (χ0n) is 60.5. The summed E-state index contributed by atoms with van der Waals surface area (Å²) in [4.78, 5) is 0. The van der Waals surface area contributed by atoms with Crippen molar-refractivity contribution in [1.29, 1.82) is 0 Å². The fraction of sp³-hybridized carbons (Fsp3) is 0.0286. The molecular formula is C105H74N4. The molecule has 0 spiro atoms. The Labute approximate surface area is 634 Å². The zero-order chi connectivity index (χ0) is 72.5. The Kier molecular flexibility index (Phi) is 15.9. The van der Waals surface area contributed by atoms with Crippen molar-refractivity contribution in [1.82, 2.24) is 18.3 Å². The number of rotatable bonds is 12. The van der Waals surface area contributed by atoms with Gasteiger partial charge in [-0.3, -0.25) is 0 Å². The van der Waals surface area contributed by atoms with Gasteiger partial charge >= 0.3 is 0 Å². The predicted octanol–water partition coefficient (Wildman–Crippen LogP) is 27.9. The smallest absolute Gasteiger partial charge is 0.0619 e. The van der Waals surface area contributed by atoms with Gasteiger partial charge in [-0.15, -0.1) is 0 Å². The van der Waals surface area contributed by atoms with Gasteiger partial charge in [0.1, 0.15) is 0 Å². The van der Waals surface area contributed by atoms with Gasteiger partial charge in [0.2, 0.25) is 0 Å². The zero-order valence-corrected chi connectivity index (χ0v) is 60.5. The van der Waals surface area contributed by atoms with Gasteiger partial charge in [0.15, 0.2) is 0 Å². The summed E-state index contributed by atoms with van der Waals surface area (Å²) in [6, 6.07) is 150. The molecule has 0 radical (unpaired) electrons. The maximum atomic E-state index is 2.49. The lowest BCUT2D eigenvalue weighted by Gasteiger charge is -2.24. The second-order valence-corrected chi connectivity index (χ2v) is 29.0. The highest BCUT2D eigenvalue weighted by Gasteiger charge is 2.37. The largest absolute Gasteiger partial charge is 0.309 e. The van der Waals surface area contributed by atoms with Crippen LogP contribution in [-0.4, -0.2) is 18.3 Å². The van der Waals surface area contributed by atoms with Crippen LogP contribution < -0.4 is 0 Å². The summed E-state index contributed by atoms with van der Waals surface area (Å²) in [5.41, 5.74) is 33.9. The number of nitrogens with zero attached hydrogens (tertiary/aromatic N) is 4. The summed E-state index contributed by atoms with van der Waals surface area (Å²) >= 11 is 0. The molecule has 1 aliphatic rings. The van der Waals surface area contributed by atoms with Crippen molar-refractivity contribution >= 4 is 54.4 Å². The molecule has 0 atom stereocenters. The molecule has 4 nitrogen and oxygen atoms in total. The van der Waals surface area contributed by atoms with E-state index in [1.54, 1.807) is 0 Å². The predicted molar refractivity (Wildman–Crippen MR) is 459 cm³/mol. The molecule has 514 valence electrons. The second-order valence-electron chi connectivity index (χ2n) is 29.0. The number of aromatic nitrogens is 4. The summed E-state index contributed by atoms with van der Waals surface area (Å²) < 4.78 is 9.86. The van der Waals surface area contributed by atoms with Gasteiger partial charge in [-0.2, -0.15) is 0 Å². The lowest BCUT2D eigenvalue weighted by Crippen LogP contribution is -2.16. The van der Waals surface area contributed by atoms with Crippen LogP contribution in [0.4, 0.5) is 0 Å². The van der Waals surface area contributed by atoms with Crippen LogP contribution in [0.25, 0.3) is 178 Å². The van der Waals surface area contributed by atoms with E-state index in [1.807, 2.05) is 0 Å². The normalized spacial score (nSPS) is 12.2. The lowest BCUT2D eigenvalue weighted by molar-refractivity contribution is 0.659. The molecule has 4 heteroatoms. The third-order valence-electron chi connectivity index (χ3n) is 22.4. The minimum atomic E-state index is -0.243. The molecule has 0 saturated heterocycles. The molecule has 16 aromatic carbocycles. The van der Waals surface area contributed by atoms with Crippen LogP contribution in [0.2, 0.25) is 0 Å². The van der Waals surface area contributed by atoms with Crippen LogP contribution in [0.15, 0.2) is 413 Å². The number of benzene rings is 16. The Morgan fingerprint density at radius 2 is 0.385 bits per heavy atom. The molecule has 0 unspecified atom stereocenters. The summed E-state index contributed by atoms with van der Waals surface area (Å²) in [5.74, 6) is 0. The van der Waals surface area contributed by atoms with E-state index in [9.17, 15) is 0 Å².